The molecular formula is C38H61N11O12. The van der Waals surface area contributed by atoms with Crippen molar-refractivity contribution in [3.05, 3.63) is 35.9 Å². The predicted molar refractivity (Wildman–Crippen MR) is 219 cm³/mol. The molecule has 1 rings (SSSR count). The molecule has 0 aliphatic carbocycles. The minimum absolute atomic E-state index is 0.00201. The lowest BCUT2D eigenvalue weighted by Gasteiger charge is -2.28. The van der Waals surface area contributed by atoms with Gasteiger partial charge in [-0.05, 0) is 43.1 Å². The molecule has 61 heavy (non-hydrogen) atoms. The highest BCUT2D eigenvalue weighted by Gasteiger charge is 2.35. The molecule has 7 amide bonds. The third kappa shape index (κ3) is 20.9. The van der Waals surface area contributed by atoms with Crippen molar-refractivity contribution in [1.82, 2.24) is 31.9 Å². The van der Waals surface area contributed by atoms with Crippen LogP contribution in [0.1, 0.15) is 71.8 Å². The number of primary amides is 1. The minimum Gasteiger partial charge on any atom is -0.481 e. The van der Waals surface area contributed by atoms with Crippen LogP contribution in [-0.4, -0.2) is 130 Å². The number of rotatable bonds is 28. The van der Waals surface area contributed by atoms with E-state index in [1.165, 1.54) is 0 Å². The Balaban J connectivity index is 3.45. The Kier molecular flexibility index (Phi) is 23.0. The quantitative estimate of drug-likeness (QED) is 0.0217. The summed E-state index contributed by atoms with van der Waals surface area (Å²) in [5, 5.41) is 42.4. The monoisotopic (exact) mass is 863 g/mol. The number of guanidine groups is 1. The number of aliphatic imine (C=N–C) groups is 1. The van der Waals surface area contributed by atoms with Gasteiger partial charge in [0.05, 0.1) is 19.4 Å². The molecule has 0 unspecified atom stereocenters. The molecule has 0 heterocycles. The number of carbonyl (C=O) groups is 9. The maximum Gasteiger partial charge on any atom is 0.326 e. The molecule has 1 aromatic rings. The lowest BCUT2D eigenvalue weighted by atomic mass is 9.98. The summed E-state index contributed by atoms with van der Waals surface area (Å²) in [6.07, 6.45) is -1.84. The first-order valence-electron chi connectivity index (χ1n) is 19.5. The number of benzene rings is 1. The van der Waals surface area contributed by atoms with Gasteiger partial charge in [0, 0.05) is 13.0 Å². The molecule has 0 aliphatic heterocycles. The van der Waals surface area contributed by atoms with E-state index in [0.717, 1.165) is 0 Å². The average molecular weight is 864 g/mol. The maximum absolute atomic E-state index is 14.0. The Hall–Kier alpha value is -6.36. The SMILES string of the molecule is CC(C)C[C@H](NC(=O)[C@H](CC(C)C)NC(=O)[C@H](Cc1ccccc1)NC(=O)[C@@H](N)CO)C(=O)N[C@@H](CCCN=C(N)N)C(=O)N[C@@H](CC(N)=O)C(=O)N[C@@H](CC(=O)O)C(=O)O. The first-order chi connectivity index (χ1) is 28.5. The fourth-order valence-corrected chi connectivity index (χ4v) is 5.75. The van der Waals surface area contributed by atoms with Crippen molar-refractivity contribution in [1.29, 1.82) is 0 Å². The van der Waals surface area contributed by atoms with Gasteiger partial charge in [-0.15, -0.1) is 0 Å². The Morgan fingerprint density at radius 2 is 1.05 bits per heavy atom. The van der Waals surface area contributed by atoms with E-state index < -0.39 is 115 Å². The van der Waals surface area contributed by atoms with Crippen molar-refractivity contribution >= 4 is 59.2 Å². The molecule has 0 aromatic heterocycles. The van der Waals surface area contributed by atoms with Crippen molar-refractivity contribution < 1.29 is 58.5 Å². The van der Waals surface area contributed by atoms with Gasteiger partial charge >= 0.3 is 11.9 Å². The van der Waals surface area contributed by atoms with Crippen LogP contribution in [0.3, 0.4) is 0 Å². The van der Waals surface area contributed by atoms with Crippen LogP contribution in [-0.2, 0) is 49.6 Å². The number of hydrogen-bond acceptors (Lipinski definition) is 12. The van der Waals surface area contributed by atoms with Crippen molar-refractivity contribution in [3.8, 4) is 0 Å². The summed E-state index contributed by atoms with van der Waals surface area (Å²) in [4.78, 5) is 120. The van der Waals surface area contributed by atoms with Crippen molar-refractivity contribution in [2.75, 3.05) is 13.2 Å². The van der Waals surface area contributed by atoms with Crippen LogP contribution in [0, 0.1) is 11.8 Å². The van der Waals surface area contributed by atoms with Crippen LogP contribution in [0.4, 0.5) is 0 Å². The normalized spacial score (nSPS) is 14.4. The molecule has 17 N–H and O–H groups in total. The van der Waals surface area contributed by atoms with Gasteiger partial charge in [0.2, 0.25) is 41.4 Å². The van der Waals surface area contributed by atoms with E-state index in [9.17, 15) is 53.4 Å². The van der Waals surface area contributed by atoms with E-state index in [1.54, 1.807) is 58.0 Å². The number of aliphatic carboxylic acids is 2. The molecule has 0 fully saturated rings. The van der Waals surface area contributed by atoms with Crippen molar-refractivity contribution in [3.63, 3.8) is 0 Å². The fraction of sp³-hybridized carbons (Fsp3) is 0.579. The Morgan fingerprint density at radius 1 is 0.607 bits per heavy atom. The molecule has 0 radical (unpaired) electrons. The summed E-state index contributed by atoms with van der Waals surface area (Å²) < 4.78 is 0. The van der Waals surface area contributed by atoms with Gasteiger partial charge in [0.25, 0.3) is 0 Å². The third-order valence-corrected chi connectivity index (χ3v) is 8.74. The number of hydrogen-bond donors (Lipinski definition) is 13. The Labute approximate surface area is 353 Å². The summed E-state index contributed by atoms with van der Waals surface area (Å²) >= 11 is 0. The zero-order valence-corrected chi connectivity index (χ0v) is 34.7. The van der Waals surface area contributed by atoms with Crippen LogP contribution >= 0.6 is 0 Å². The topological polar surface area (TPSA) is 403 Å². The Morgan fingerprint density at radius 3 is 1.51 bits per heavy atom. The van der Waals surface area contributed by atoms with Crippen LogP contribution in [0.2, 0.25) is 0 Å². The lowest BCUT2D eigenvalue weighted by molar-refractivity contribution is -0.147. The largest absolute Gasteiger partial charge is 0.481 e. The highest BCUT2D eigenvalue weighted by atomic mass is 16.4. The van der Waals surface area contributed by atoms with Crippen molar-refractivity contribution in [2.45, 2.75) is 115 Å². The van der Waals surface area contributed by atoms with Gasteiger partial charge in [0.15, 0.2) is 5.96 Å². The number of carboxylic acid groups (broad SMARTS) is 2. The number of aliphatic hydroxyl groups is 1. The van der Waals surface area contributed by atoms with E-state index >= 15 is 0 Å². The van der Waals surface area contributed by atoms with Gasteiger partial charge in [-0.2, -0.15) is 0 Å². The summed E-state index contributed by atoms with van der Waals surface area (Å²) in [7, 11) is 0. The molecule has 0 spiro atoms. The van der Waals surface area contributed by atoms with Gasteiger partial charge in [-0.25, -0.2) is 4.79 Å². The summed E-state index contributed by atoms with van der Waals surface area (Å²) in [5.41, 5.74) is 22.4. The molecule has 7 atom stereocenters. The molecule has 23 heteroatoms. The van der Waals surface area contributed by atoms with Crippen LogP contribution in [0.25, 0.3) is 0 Å². The highest BCUT2D eigenvalue weighted by Crippen LogP contribution is 2.12. The maximum atomic E-state index is 14.0. The predicted octanol–water partition coefficient (Wildman–Crippen LogP) is -3.96. The fourth-order valence-electron chi connectivity index (χ4n) is 5.75. The first kappa shape index (κ1) is 52.7. The summed E-state index contributed by atoms with van der Waals surface area (Å²) in [6.45, 7) is 6.40. The van der Waals surface area contributed by atoms with E-state index in [-0.39, 0.29) is 56.4 Å². The molecule has 1 aromatic carbocycles. The van der Waals surface area contributed by atoms with Crippen LogP contribution in [0.15, 0.2) is 35.3 Å². The number of carboxylic acids is 2. The van der Waals surface area contributed by atoms with Crippen LogP contribution < -0.4 is 54.8 Å². The number of amides is 7. The van der Waals surface area contributed by atoms with Crippen LogP contribution in [0.5, 0.6) is 0 Å². The molecule has 340 valence electrons. The molecule has 0 saturated heterocycles. The number of aliphatic hydroxyl groups excluding tert-OH is 1. The smallest absolute Gasteiger partial charge is 0.326 e. The molecule has 0 saturated carbocycles. The Bertz CT molecular complexity index is 1710. The van der Waals surface area contributed by atoms with E-state index in [0.29, 0.717) is 5.56 Å². The van der Waals surface area contributed by atoms with Crippen molar-refractivity contribution in [2.24, 2.45) is 39.8 Å². The zero-order valence-electron chi connectivity index (χ0n) is 34.7. The van der Waals surface area contributed by atoms with E-state index in [1.807, 2.05) is 5.32 Å². The highest BCUT2D eigenvalue weighted by molar-refractivity contribution is 5.98. The molecular weight excluding hydrogens is 802 g/mol. The minimum atomic E-state index is -1.94. The summed E-state index contributed by atoms with van der Waals surface area (Å²) in [5.74, 6) is -10.5. The second kappa shape index (κ2) is 26.7. The average Bonchev–Trinajstić information content (AvgIpc) is 3.16. The van der Waals surface area contributed by atoms with E-state index in [2.05, 4.69) is 31.6 Å². The second-order valence-corrected chi connectivity index (χ2v) is 15.2. The zero-order chi connectivity index (χ0) is 46.4. The molecule has 0 bridgehead atoms. The first-order valence-corrected chi connectivity index (χ1v) is 19.5. The number of carbonyl (C=O) groups excluding carboxylic acids is 7. The molecule has 0 aliphatic rings. The summed E-state index contributed by atoms with van der Waals surface area (Å²) in [6, 6.07) is -1.65. The number of nitrogens with one attached hydrogen (secondary N) is 6. The van der Waals surface area contributed by atoms with E-state index in [4.69, 9.17) is 28.0 Å². The second-order valence-electron chi connectivity index (χ2n) is 15.2. The van der Waals surface area contributed by atoms with Gasteiger partial charge in [0.1, 0.15) is 42.3 Å². The van der Waals surface area contributed by atoms with Gasteiger partial charge in [-0.3, -0.25) is 43.3 Å². The van der Waals surface area contributed by atoms with Gasteiger partial charge < -0.3 is 70.2 Å². The molecule has 23 nitrogen and oxygen atoms in total. The third-order valence-electron chi connectivity index (χ3n) is 8.74. The number of nitrogens with zero attached hydrogens (tertiary/aromatic N) is 1. The standard InChI is InChI=1S/C38H61N11O12/c1-19(2)13-24(46-34(57)25(14-20(3)4)47-35(58)26(45-31(54)22(39)18-50)15-21-9-6-5-7-10-21)33(56)44-23(11-8-12-43-38(41)42)32(55)48-27(16-29(40)51)36(59)49-28(37(60)61)17-30(52)53/h5-7,9-10,19-20,22-28,50H,8,11-18,39H2,1-4H3,(H2,40,51)(H,44,56)(H,45,54)(H,46,57)(H,47,58)(H,48,55)(H,49,59)(H,52,53)(H,60,61)(H4,41,42,43)/t22-,23-,24-,25-,26-,27-,28-/m0/s1. The number of nitrogens with two attached hydrogens (primary N) is 4. The lowest BCUT2D eigenvalue weighted by Crippen LogP contribution is -2.60. The van der Waals surface area contributed by atoms with Gasteiger partial charge in [-0.1, -0.05) is 58.0 Å².